The number of aryl methyl sites for hydroxylation is 1. The van der Waals surface area contributed by atoms with Crippen molar-refractivity contribution in [2.75, 3.05) is 0 Å². The molecule has 122 valence electrons. The van der Waals surface area contributed by atoms with Gasteiger partial charge in [0.1, 0.15) is 5.69 Å². The van der Waals surface area contributed by atoms with E-state index in [4.69, 9.17) is 0 Å². The summed E-state index contributed by atoms with van der Waals surface area (Å²) in [6, 6.07) is 5.41. The molecule has 0 bridgehead atoms. The molecule has 1 saturated carbocycles. The van der Waals surface area contributed by atoms with Crippen molar-refractivity contribution in [3.05, 3.63) is 47.9 Å². The van der Waals surface area contributed by atoms with Gasteiger partial charge in [-0.15, -0.1) is 0 Å². The van der Waals surface area contributed by atoms with Gasteiger partial charge in [-0.2, -0.15) is 0 Å². The molecule has 1 aliphatic rings. The van der Waals surface area contributed by atoms with Gasteiger partial charge < -0.3 is 9.67 Å². The number of nitrogens with zero attached hydrogens (tertiary/aromatic N) is 3. The Morgan fingerprint density at radius 2 is 2.04 bits per heavy atom. The van der Waals surface area contributed by atoms with Gasteiger partial charge in [0.05, 0.1) is 17.5 Å². The third-order valence-corrected chi connectivity index (χ3v) is 5.06. The third-order valence-electron chi connectivity index (χ3n) is 5.06. The van der Waals surface area contributed by atoms with Crippen LogP contribution in [0.15, 0.2) is 36.8 Å². The van der Waals surface area contributed by atoms with Crippen LogP contribution in [0.1, 0.15) is 47.5 Å². The average molecular weight is 321 g/mol. The van der Waals surface area contributed by atoms with Crippen molar-refractivity contribution in [1.29, 1.82) is 0 Å². The predicted molar refractivity (Wildman–Crippen MR) is 92.1 cm³/mol. The molecule has 0 aliphatic heterocycles. The Labute approximate surface area is 140 Å². The fourth-order valence-electron chi connectivity index (χ4n) is 3.96. The molecule has 5 nitrogen and oxygen atoms in total. The first-order chi connectivity index (χ1) is 11.7. The van der Waals surface area contributed by atoms with E-state index >= 15 is 0 Å². The first-order valence-corrected chi connectivity index (χ1v) is 8.29. The zero-order chi connectivity index (χ0) is 16.7. The molecule has 1 aromatic carbocycles. The van der Waals surface area contributed by atoms with Crippen LogP contribution in [0.25, 0.3) is 22.3 Å². The Bertz CT molecular complexity index is 909. The Balaban J connectivity index is 2.03. The molecular weight excluding hydrogens is 302 g/mol. The number of fused-ring (bicyclic) bond motifs is 1. The molecule has 1 aliphatic carbocycles. The van der Waals surface area contributed by atoms with Gasteiger partial charge in [0, 0.05) is 30.3 Å². The van der Waals surface area contributed by atoms with Gasteiger partial charge >= 0.3 is 5.97 Å². The van der Waals surface area contributed by atoms with E-state index in [0.29, 0.717) is 11.5 Å². The Hall–Kier alpha value is -2.69. The molecule has 0 atom stereocenters. The van der Waals surface area contributed by atoms with E-state index in [1.54, 1.807) is 30.7 Å². The van der Waals surface area contributed by atoms with Crippen LogP contribution < -0.4 is 0 Å². The molecular formula is C19H19N3O2. The van der Waals surface area contributed by atoms with Gasteiger partial charge in [-0.1, -0.05) is 18.9 Å². The lowest BCUT2D eigenvalue weighted by molar-refractivity contribution is 0.0697. The van der Waals surface area contributed by atoms with E-state index in [1.165, 1.54) is 31.2 Å². The van der Waals surface area contributed by atoms with Gasteiger partial charge in [-0.05, 0) is 36.5 Å². The first-order valence-electron chi connectivity index (χ1n) is 8.29. The fourth-order valence-corrected chi connectivity index (χ4v) is 3.96. The van der Waals surface area contributed by atoms with Crippen molar-refractivity contribution < 1.29 is 9.90 Å². The summed E-state index contributed by atoms with van der Waals surface area (Å²) in [5, 5.41) is 10.4. The molecule has 1 N–H and O–H groups in total. The SMILES string of the molecule is Cn1c(-c2cnccn2)c(C2CCCC2)c2ccc(C(=O)O)cc21. The number of carboxylic acids is 1. The minimum Gasteiger partial charge on any atom is -0.478 e. The van der Waals surface area contributed by atoms with E-state index < -0.39 is 5.97 Å². The van der Waals surface area contributed by atoms with Crippen LogP contribution in [0.4, 0.5) is 0 Å². The second kappa shape index (κ2) is 5.74. The number of hydrogen-bond donors (Lipinski definition) is 1. The maximum Gasteiger partial charge on any atom is 0.335 e. The van der Waals surface area contributed by atoms with Crippen molar-refractivity contribution in [2.24, 2.45) is 7.05 Å². The largest absolute Gasteiger partial charge is 0.478 e. The van der Waals surface area contributed by atoms with E-state index in [9.17, 15) is 9.90 Å². The smallest absolute Gasteiger partial charge is 0.335 e. The van der Waals surface area contributed by atoms with E-state index in [2.05, 4.69) is 14.5 Å². The number of rotatable bonds is 3. The van der Waals surface area contributed by atoms with Crippen molar-refractivity contribution in [2.45, 2.75) is 31.6 Å². The Morgan fingerprint density at radius 1 is 1.25 bits per heavy atom. The minimum absolute atomic E-state index is 0.312. The second-order valence-corrected chi connectivity index (χ2v) is 6.43. The Morgan fingerprint density at radius 3 is 2.71 bits per heavy atom. The van der Waals surface area contributed by atoms with Crippen LogP contribution in [0, 0.1) is 0 Å². The number of carboxylic acid groups (broad SMARTS) is 1. The van der Waals surface area contributed by atoms with Crippen LogP contribution in [0.5, 0.6) is 0 Å². The first kappa shape index (κ1) is 14.9. The zero-order valence-electron chi connectivity index (χ0n) is 13.6. The summed E-state index contributed by atoms with van der Waals surface area (Å²) in [5.74, 6) is -0.400. The topological polar surface area (TPSA) is 68.0 Å². The molecule has 0 saturated heterocycles. The van der Waals surface area contributed by atoms with Crippen LogP contribution in [-0.4, -0.2) is 25.6 Å². The summed E-state index contributed by atoms with van der Waals surface area (Å²) in [5.41, 5.74) is 4.45. The maximum absolute atomic E-state index is 11.3. The molecule has 24 heavy (non-hydrogen) atoms. The van der Waals surface area contributed by atoms with Crippen LogP contribution in [-0.2, 0) is 7.05 Å². The summed E-state index contributed by atoms with van der Waals surface area (Å²) in [7, 11) is 1.98. The summed E-state index contributed by atoms with van der Waals surface area (Å²) >= 11 is 0. The summed E-state index contributed by atoms with van der Waals surface area (Å²) in [4.78, 5) is 20.1. The molecule has 2 aromatic heterocycles. The van der Waals surface area contributed by atoms with E-state index in [1.807, 2.05) is 13.1 Å². The van der Waals surface area contributed by atoms with Gasteiger partial charge in [-0.3, -0.25) is 9.97 Å². The molecule has 1 fully saturated rings. The highest BCUT2D eigenvalue weighted by molar-refractivity contribution is 5.97. The molecule has 2 heterocycles. The highest BCUT2D eigenvalue weighted by Crippen LogP contribution is 2.44. The molecule has 0 amide bonds. The van der Waals surface area contributed by atoms with Crippen molar-refractivity contribution in [3.63, 3.8) is 0 Å². The van der Waals surface area contributed by atoms with Gasteiger partial charge in [-0.25, -0.2) is 4.79 Å². The quantitative estimate of drug-likeness (QED) is 0.792. The number of carbonyl (C=O) groups is 1. The lowest BCUT2D eigenvalue weighted by Gasteiger charge is -2.12. The number of hydrogen-bond acceptors (Lipinski definition) is 3. The van der Waals surface area contributed by atoms with Crippen molar-refractivity contribution in [1.82, 2.24) is 14.5 Å². The predicted octanol–water partition coefficient (Wildman–Crippen LogP) is 3.99. The van der Waals surface area contributed by atoms with Crippen LogP contribution >= 0.6 is 0 Å². The normalized spacial score (nSPS) is 15.2. The molecule has 4 rings (SSSR count). The number of benzene rings is 1. The van der Waals surface area contributed by atoms with Gasteiger partial charge in [0.25, 0.3) is 0 Å². The summed E-state index contributed by atoms with van der Waals surface area (Å²) in [6.45, 7) is 0. The minimum atomic E-state index is -0.901. The standard InChI is InChI=1S/C19H19N3O2/c1-22-16-10-13(19(23)24)6-7-14(16)17(12-4-2-3-5-12)18(22)15-11-20-8-9-21-15/h6-12H,2-5H2,1H3,(H,23,24). The highest BCUT2D eigenvalue weighted by Gasteiger charge is 2.27. The molecule has 3 aromatic rings. The lowest BCUT2D eigenvalue weighted by atomic mass is 9.93. The van der Waals surface area contributed by atoms with Crippen LogP contribution in [0.3, 0.4) is 0 Å². The zero-order valence-corrected chi connectivity index (χ0v) is 13.6. The number of aromatic nitrogens is 3. The summed E-state index contributed by atoms with van der Waals surface area (Å²) < 4.78 is 2.07. The monoisotopic (exact) mass is 321 g/mol. The average Bonchev–Trinajstić information content (AvgIpc) is 3.22. The fraction of sp³-hybridized carbons (Fsp3) is 0.316. The maximum atomic E-state index is 11.3. The highest BCUT2D eigenvalue weighted by atomic mass is 16.4. The Kier molecular flexibility index (Phi) is 3.56. The number of aromatic carboxylic acids is 1. The lowest BCUT2D eigenvalue weighted by Crippen LogP contribution is -1.99. The summed E-state index contributed by atoms with van der Waals surface area (Å²) in [6.07, 6.45) is 9.99. The molecule has 5 heteroatoms. The van der Waals surface area contributed by atoms with E-state index in [-0.39, 0.29) is 0 Å². The second-order valence-electron chi connectivity index (χ2n) is 6.43. The van der Waals surface area contributed by atoms with Gasteiger partial charge in [0.15, 0.2) is 0 Å². The van der Waals surface area contributed by atoms with E-state index in [0.717, 1.165) is 22.3 Å². The van der Waals surface area contributed by atoms with Crippen LogP contribution in [0.2, 0.25) is 0 Å². The molecule has 0 radical (unpaired) electrons. The molecule has 0 unspecified atom stereocenters. The molecule has 0 spiro atoms. The van der Waals surface area contributed by atoms with Crippen molar-refractivity contribution >= 4 is 16.9 Å². The van der Waals surface area contributed by atoms with Crippen molar-refractivity contribution in [3.8, 4) is 11.4 Å². The third kappa shape index (κ3) is 2.28. The van der Waals surface area contributed by atoms with Gasteiger partial charge in [0.2, 0.25) is 0 Å².